The van der Waals surface area contributed by atoms with E-state index < -0.39 is 5.97 Å². The van der Waals surface area contributed by atoms with Crippen LogP contribution >= 0.6 is 11.6 Å². The smallest absolute Gasteiger partial charge is 0.337 e. The average Bonchev–Trinajstić information content (AvgIpc) is 2.20. The molecule has 80 valence electrons. The number of hydrogen-bond donors (Lipinski definition) is 1. The summed E-state index contributed by atoms with van der Waals surface area (Å²) in [7, 11) is 0. The Morgan fingerprint density at radius 1 is 1.67 bits per heavy atom. The number of benzene rings is 1. The Bertz CT molecular complexity index is 390. The maximum Gasteiger partial charge on any atom is 0.337 e. The highest BCUT2D eigenvalue weighted by atomic mass is 35.5. The molecular formula is C10H10ClNO3. The molecule has 0 radical (unpaired) electrons. The number of para-hydroxylation sites is 1. The lowest BCUT2D eigenvalue weighted by atomic mass is 10.2. The van der Waals surface area contributed by atoms with Gasteiger partial charge in [0.05, 0.1) is 22.9 Å². The van der Waals surface area contributed by atoms with Crippen molar-refractivity contribution in [2.24, 2.45) is 4.99 Å². The minimum atomic E-state index is -1.07. The normalized spacial score (nSPS) is 10.5. The first kappa shape index (κ1) is 11.5. The molecule has 0 heterocycles. The fourth-order valence-electron chi connectivity index (χ4n) is 0.984. The van der Waals surface area contributed by atoms with Gasteiger partial charge in [-0.05, 0) is 19.1 Å². The van der Waals surface area contributed by atoms with Crippen molar-refractivity contribution in [1.29, 1.82) is 0 Å². The number of nitrogens with zero attached hydrogens (tertiary/aromatic N) is 1. The first-order valence-corrected chi connectivity index (χ1v) is 4.70. The SMILES string of the molecule is CCOC=Nc1c(Cl)cccc1C(=O)O. The zero-order chi connectivity index (χ0) is 11.3. The van der Waals surface area contributed by atoms with Crippen molar-refractivity contribution in [3.05, 3.63) is 28.8 Å². The molecule has 1 aromatic rings. The number of aliphatic imine (C=N–C) groups is 1. The van der Waals surface area contributed by atoms with Gasteiger partial charge in [-0.3, -0.25) is 0 Å². The van der Waals surface area contributed by atoms with Gasteiger partial charge in [0.25, 0.3) is 0 Å². The molecule has 0 aliphatic rings. The van der Waals surface area contributed by atoms with E-state index in [1.165, 1.54) is 12.5 Å². The summed E-state index contributed by atoms with van der Waals surface area (Å²) in [5.74, 6) is -1.07. The summed E-state index contributed by atoms with van der Waals surface area (Å²) in [5, 5.41) is 9.16. The molecule has 4 nitrogen and oxygen atoms in total. The first-order valence-electron chi connectivity index (χ1n) is 4.32. The summed E-state index contributed by atoms with van der Waals surface area (Å²) in [5.41, 5.74) is 0.263. The van der Waals surface area contributed by atoms with E-state index in [9.17, 15) is 4.79 Å². The number of carboxylic acids is 1. The standard InChI is InChI=1S/C10H10ClNO3/c1-2-15-6-12-9-7(10(13)14)4-3-5-8(9)11/h3-6H,2H2,1H3,(H,13,14). The summed E-state index contributed by atoms with van der Waals surface area (Å²) in [4.78, 5) is 14.7. The second kappa shape index (κ2) is 5.36. The van der Waals surface area contributed by atoms with Crippen LogP contribution in [0.5, 0.6) is 0 Å². The Morgan fingerprint density at radius 2 is 2.40 bits per heavy atom. The molecule has 0 unspecified atom stereocenters. The third-order valence-electron chi connectivity index (χ3n) is 1.64. The second-order valence-corrected chi connectivity index (χ2v) is 3.04. The lowest BCUT2D eigenvalue weighted by molar-refractivity contribution is 0.0698. The third-order valence-corrected chi connectivity index (χ3v) is 1.95. The third kappa shape index (κ3) is 2.95. The van der Waals surface area contributed by atoms with Gasteiger partial charge in [0, 0.05) is 0 Å². The topological polar surface area (TPSA) is 58.9 Å². The lowest BCUT2D eigenvalue weighted by Gasteiger charge is -2.02. The van der Waals surface area contributed by atoms with E-state index in [0.717, 1.165) is 0 Å². The second-order valence-electron chi connectivity index (χ2n) is 2.63. The molecule has 0 aliphatic carbocycles. The maximum absolute atomic E-state index is 10.8. The van der Waals surface area contributed by atoms with Crippen molar-refractivity contribution in [1.82, 2.24) is 0 Å². The fraction of sp³-hybridized carbons (Fsp3) is 0.200. The molecule has 0 saturated carbocycles. The van der Waals surface area contributed by atoms with E-state index in [-0.39, 0.29) is 16.3 Å². The van der Waals surface area contributed by atoms with Crippen LogP contribution in [0.3, 0.4) is 0 Å². The van der Waals surface area contributed by atoms with E-state index in [2.05, 4.69) is 4.99 Å². The van der Waals surface area contributed by atoms with Crippen LogP contribution in [0, 0.1) is 0 Å². The maximum atomic E-state index is 10.8. The van der Waals surface area contributed by atoms with Crippen LogP contribution in [0.15, 0.2) is 23.2 Å². The lowest BCUT2D eigenvalue weighted by Crippen LogP contribution is -1.97. The zero-order valence-corrected chi connectivity index (χ0v) is 8.86. The first-order chi connectivity index (χ1) is 7.16. The van der Waals surface area contributed by atoms with Crippen LogP contribution in [0.1, 0.15) is 17.3 Å². The molecule has 0 atom stereocenters. The molecule has 0 spiro atoms. The Hall–Kier alpha value is -1.55. The van der Waals surface area contributed by atoms with Gasteiger partial charge in [0.1, 0.15) is 0 Å². The van der Waals surface area contributed by atoms with E-state index in [4.69, 9.17) is 21.4 Å². The molecular weight excluding hydrogens is 218 g/mol. The average molecular weight is 228 g/mol. The highest BCUT2D eigenvalue weighted by Gasteiger charge is 2.11. The van der Waals surface area contributed by atoms with Crippen LogP contribution in [-0.2, 0) is 4.74 Å². The molecule has 0 amide bonds. The molecule has 1 aromatic carbocycles. The van der Waals surface area contributed by atoms with E-state index in [1.54, 1.807) is 19.1 Å². The van der Waals surface area contributed by atoms with Gasteiger partial charge in [-0.15, -0.1) is 0 Å². The Balaban J connectivity index is 3.07. The summed E-state index contributed by atoms with van der Waals surface area (Å²) in [6.07, 6.45) is 1.19. The van der Waals surface area contributed by atoms with Gasteiger partial charge in [-0.1, -0.05) is 17.7 Å². The number of rotatable bonds is 4. The van der Waals surface area contributed by atoms with Gasteiger partial charge in [0.2, 0.25) is 0 Å². The largest absolute Gasteiger partial charge is 0.483 e. The van der Waals surface area contributed by atoms with E-state index >= 15 is 0 Å². The quantitative estimate of drug-likeness (QED) is 0.636. The minimum absolute atomic E-state index is 0.0541. The van der Waals surface area contributed by atoms with Crippen molar-refractivity contribution in [3.8, 4) is 0 Å². The molecule has 5 heteroatoms. The van der Waals surface area contributed by atoms with Gasteiger partial charge < -0.3 is 9.84 Å². The molecule has 0 fully saturated rings. The Kier molecular flexibility index (Phi) is 4.12. The highest BCUT2D eigenvalue weighted by molar-refractivity contribution is 6.33. The van der Waals surface area contributed by atoms with Gasteiger partial charge in [-0.25, -0.2) is 9.79 Å². The molecule has 15 heavy (non-hydrogen) atoms. The Morgan fingerprint density at radius 3 is 3.00 bits per heavy atom. The van der Waals surface area contributed by atoms with E-state index in [0.29, 0.717) is 6.61 Å². The number of halogens is 1. The van der Waals surface area contributed by atoms with Crippen LogP contribution in [-0.4, -0.2) is 24.1 Å². The monoisotopic (exact) mass is 227 g/mol. The van der Waals surface area contributed by atoms with Crippen molar-refractivity contribution in [2.75, 3.05) is 6.61 Å². The summed E-state index contributed by atoms with van der Waals surface area (Å²) >= 11 is 5.82. The van der Waals surface area contributed by atoms with Gasteiger partial charge in [0.15, 0.2) is 6.40 Å². The number of ether oxygens (including phenoxy) is 1. The number of aromatic carboxylic acids is 1. The molecule has 1 rings (SSSR count). The van der Waals surface area contributed by atoms with Crippen LogP contribution in [0.4, 0.5) is 5.69 Å². The summed E-state index contributed by atoms with van der Waals surface area (Å²) in [6.45, 7) is 2.27. The number of carboxylic acid groups (broad SMARTS) is 1. The number of hydrogen-bond acceptors (Lipinski definition) is 3. The predicted molar refractivity (Wildman–Crippen MR) is 58.2 cm³/mol. The number of carbonyl (C=O) groups is 1. The molecule has 0 aliphatic heterocycles. The molecule has 0 saturated heterocycles. The van der Waals surface area contributed by atoms with Crippen molar-refractivity contribution in [2.45, 2.75) is 6.92 Å². The van der Waals surface area contributed by atoms with Crippen LogP contribution in [0.2, 0.25) is 5.02 Å². The van der Waals surface area contributed by atoms with Crippen molar-refractivity contribution in [3.63, 3.8) is 0 Å². The van der Waals surface area contributed by atoms with Crippen LogP contribution in [0.25, 0.3) is 0 Å². The van der Waals surface area contributed by atoms with Crippen molar-refractivity contribution >= 4 is 29.7 Å². The van der Waals surface area contributed by atoms with Gasteiger partial charge in [-0.2, -0.15) is 0 Å². The van der Waals surface area contributed by atoms with Crippen LogP contribution < -0.4 is 0 Å². The minimum Gasteiger partial charge on any atom is -0.483 e. The molecule has 0 aromatic heterocycles. The van der Waals surface area contributed by atoms with Gasteiger partial charge >= 0.3 is 5.97 Å². The summed E-state index contributed by atoms with van der Waals surface area (Å²) in [6, 6.07) is 4.57. The molecule has 1 N–H and O–H groups in total. The highest BCUT2D eigenvalue weighted by Crippen LogP contribution is 2.28. The summed E-state index contributed by atoms with van der Waals surface area (Å²) < 4.78 is 4.88. The Labute approximate surface area is 92.2 Å². The fourth-order valence-corrected chi connectivity index (χ4v) is 1.21. The predicted octanol–water partition coefficient (Wildman–Crippen LogP) is 2.73. The van der Waals surface area contributed by atoms with E-state index in [1.807, 2.05) is 0 Å². The zero-order valence-electron chi connectivity index (χ0n) is 8.11. The molecule has 0 bridgehead atoms. The van der Waals surface area contributed by atoms with Crippen molar-refractivity contribution < 1.29 is 14.6 Å².